The highest BCUT2D eigenvalue weighted by atomic mass is 79.9. The van der Waals surface area contributed by atoms with Gasteiger partial charge in [0, 0.05) is 10.0 Å². The molecule has 0 unspecified atom stereocenters. The van der Waals surface area contributed by atoms with E-state index in [1.54, 1.807) is 12.1 Å². The SMILES string of the molecule is O=Cc1ccc(-c2ccc(Br)cc2)cc1Cl. The van der Waals surface area contributed by atoms with E-state index in [2.05, 4.69) is 15.9 Å². The van der Waals surface area contributed by atoms with Gasteiger partial charge < -0.3 is 0 Å². The number of hydrogen-bond acceptors (Lipinski definition) is 1. The van der Waals surface area contributed by atoms with Crippen LogP contribution in [0.25, 0.3) is 11.1 Å². The van der Waals surface area contributed by atoms with Crippen molar-refractivity contribution >= 4 is 33.8 Å². The fourth-order valence-electron chi connectivity index (χ4n) is 1.44. The summed E-state index contributed by atoms with van der Waals surface area (Å²) in [6, 6.07) is 13.3. The number of carbonyl (C=O) groups is 1. The van der Waals surface area contributed by atoms with Crippen molar-refractivity contribution in [1.82, 2.24) is 0 Å². The number of carbonyl (C=O) groups excluding carboxylic acids is 1. The zero-order valence-corrected chi connectivity index (χ0v) is 10.6. The fraction of sp³-hybridized carbons (Fsp3) is 0. The van der Waals surface area contributed by atoms with Crippen molar-refractivity contribution in [1.29, 1.82) is 0 Å². The molecule has 2 aromatic rings. The molecule has 0 fully saturated rings. The van der Waals surface area contributed by atoms with Crippen LogP contribution in [0.2, 0.25) is 5.02 Å². The molecule has 0 aromatic heterocycles. The van der Waals surface area contributed by atoms with Crippen molar-refractivity contribution < 1.29 is 4.79 Å². The molecule has 0 atom stereocenters. The number of aldehydes is 1. The van der Waals surface area contributed by atoms with Gasteiger partial charge in [-0.05, 0) is 35.4 Å². The summed E-state index contributed by atoms with van der Waals surface area (Å²) in [4.78, 5) is 10.6. The van der Waals surface area contributed by atoms with Crippen molar-refractivity contribution in [3.05, 3.63) is 57.5 Å². The van der Waals surface area contributed by atoms with E-state index in [0.717, 1.165) is 21.9 Å². The summed E-state index contributed by atoms with van der Waals surface area (Å²) in [6.45, 7) is 0. The van der Waals surface area contributed by atoms with Crippen LogP contribution in [0, 0.1) is 0 Å². The first-order valence-corrected chi connectivity index (χ1v) is 5.88. The number of hydrogen-bond donors (Lipinski definition) is 0. The molecule has 80 valence electrons. The van der Waals surface area contributed by atoms with Gasteiger partial charge >= 0.3 is 0 Å². The van der Waals surface area contributed by atoms with E-state index < -0.39 is 0 Å². The molecule has 2 aromatic carbocycles. The minimum Gasteiger partial charge on any atom is -0.298 e. The summed E-state index contributed by atoms with van der Waals surface area (Å²) in [6.07, 6.45) is 0.758. The largest absolute Gasteiger partial charge is 0.298 e. The third-order valence-corrected chi connectivity index (χ3v) is 3.16. The van der Waals surface area contributed by atoms with Gasteiger partial charge in [0.05, 0.1) is 5.02 Å². The summed E-state index contributed by atoms with van der Waals surface area (Å²) in [5.41, 5.74) is 2.59. The lowest BCUT2D eigenvalue weighted by Crippen LogP contribution is -1.83. The predicted molar refractivity (Wildman–Crippen MR) is 70.0 cm³/mol. The van der Waals surface area contributed by atoms with Crippen LogP contribution in [-0.2, 0) is 0 Å². The number of halogens is 2. The van der Waals surface area contributed by atoms with Gasteiger partial charge in [0.15, 0.2) is 6.29 Å². The summed E-state index contributed by atoms with van der Waals surface area (Å²) in [5.74, 6) is 0. The van der Waals surface area contributed by atoms with Crippen LogP contribution in [-0.4, -0.2) is 6.29 Å². The van der Waals surface area contributed by atoms with E-state index in [1.165, 1.54) is 0 Å². The standard InChI is InChI=1S/C13H8BrClO/c14-12-5-3-9(4-6-12)10-1-2-11(8-16)13(15)7-10/h1-8H. The van der Waals surface area contributed by atoms with Gasteiger partial charge in [0.2, 0.25) is 0 Å². The maximum atomic E-state index is 10.6. The summed E-state index contributed by atoms with van der Waals surface area (Å²) in [7, 11) is 0. The van der Waals surface area contributed by atoms with Crippen LogP contribution >= 0.6 is 27.5 Å². The lowest BCUT2D eigenvalue weighted by molar-refractivity contribution is 0.112. The first-order valence-electron chi connectivity index (χ1n) is 4.71. The maximum absolute atomic E-state index is 10.6. The van der Waals surface area contributed by atoms with E-state index in [4.69, 9.17) is 11.6 Å². The van der Waals surface area contributed by atoms with Crippen LogP contribution < -0.4 is 0 Å². The van der Waals surface area contributed by atoms with E-state index in [9.17, 15) is 4.79 Å². The highest BCUT2D eigenvalue weighted by Crippen LogP contribution is 2.26. The normalized spacial score (nSPS) is 10.1. The lowest BCUT2D eigenvalue weighted by atomic mass is 10.0. The minimum absolute atomic E-state index is 0.482. The Bertz CT molecular complexity index is 520. The molecule has 0 amide bonds. The second kappa shape index (κ2) is 4.81. The minimum atomic E-state index is 0.482. The van der Waals surface area contributed by atoms with E-state index in [-0.39, 0.29) is 0 Å². The first-order chi connectivity index (χ1) is 7.70. The van der Waals surface area contributed by atoms with Gasteiger partial charge in [-0.25, -0.2) is 0 Å². The molecular weight excluding hydrogens is 287 g/mol. The summed E-state index contributed by atoms with van der Waals surface area (Å²) in [5, 5.41) is 0.482. The van der Waals surface area contributed by atoms with Gasteiger partial charge in [0.25, 0.3) is 0 Å². The predicted octanol–water partition coefficient (Wildman–Crippen LogP) is 4.58. The molecule has 16 heavy (non-hydrogen) atoms. The smallest absolute Gasteiger partial charge is 0.151 e. The van der Waals surface area contributed by atoms with Crippen LogP contribution in [0.4, 0.5) is 0 Å². The average molecular weight is 296 g/mol. The van der Waals surface area contributed by atoms with Crippen LogP contribution in [0.3, 0.4) is 0 Å². The van der Waals surface area contributed by atoms with Crippen LogP contribution in [0.5, 0.6) is 0 Å². The molecular formula is C13H8BrClO. The Labute approximate surface area is 107 Å². The number of rotatable bonds is 2. The second-order valence-corrected chi connectivity index (χ2v) is 4.68. The Morgan fingerprint density at radius 3 is 2.19 bits per heavy atom. The molecule has 0 aliphatic heterocycles. The fourth-order valence-corrected chi connectivity index (χ4v) is 1.93. The second-order valence-electron chi connectivity index (χ2n) is 3.36. The Hall–Kier alpha value is -1.12. The maximum Gasteiger partial charge on any atom is 0.151 e. The molecule has 0 saturated carbocycles. The molecule has 0 radical (unpaired) electrons. The summed E-state index contributed by atoms with van der Waals surface area (Å²) >= 11 is 9.35. The van der Waals surface area contributed by atoms with Crippen molar-refractivity contribution in [2.24, 2.45) is 0 Å². The van der Waals surface area contributed by atoms with Crippen molar-refractivity contribution in [2.75, 3.05) is 0 Å². The molecule has 0 heterocycles. The molecule has 0 spiro atoms. The Morgan fingerprint density at radius 1 is 1.00 bits per heavy atom. The van der Waals surface area contributed by atoms with Crippen molar-refractivity contribution in [3.8, 4) is 11.1 Å². The highest BCUT2D eigenvalue weighted by Gasteiger charge is 2.02. The summed E-state index contributed by atoms with van der Waals surface area (Å²) < 4.78 is 1.03. The lowest BCUT2D eigenvalue weighted by Gasteiger charge is -2.03. The van der Waals surface area contributed by atoms with Gasteiger partial charge in [-0.1, -0.05) is 45.7 Å². The molecule has 0 bridgehead atoms. The molecule has 0 N–H and O–H groups in total. The molecule has 2 rings (SSSR count). The molecule has 1 nitrogen and oxygen atoms in total. The third kappa shape index (κ3) is 2.34. The zero-order chi connectivity index (χ0) is 11.5. The van der Waals surface area contributed by atoms with Crippen LogP contribution in [0.15, 0.2) is 46.9 Å². The topological polar surface area (TPSA) is 17.1 Å². The van der Waals surface area contributed by atoms with Crippen molar-refractivity contribution in [3.63, 3.8) is 0 Å². The molecule has 3 heteroatoms. The van der Waals surface area contributed by atoms with Crippen molar-refractivity contribution in [2.45, 2.75) is 0 Å². The highest BCUT2D eigenvalue weighted by molar-refractivity contribution is 9.10. The number of benzene rings is 2. The Morgan fingerprint density at radius 2 is 1.62 bits per heavy atom. The Kier molecular flexibility index (Phi) is 3.42. The first kappa shape index (κ1) is 11.4. The van der Waals surface area contributed by atoms with E-state index >= 15 is 0 Å². The zero-order valence-electron chi connectivity index (χ0n) is 8.28. The van der Waals surface area contributed by atoms with Gasteiger partial charge in [0.1, 0.15) is 0 Å². The van der Waals surface area contributed by atoms with E-state index in [1.807, 2.05) is 30.3 Å². The van der Waals surface area contributed by atoms with Gasteiger partial charge in [-0.3, -0.25) is 4.79 Å². The molecule has 0 saturated heterocycles. The van der Waals surface area contributed by atoms with E-state index in [0.29, 0.717) is 10.6 Å². The van der Waals surface area contributed by atoms with Gasteiger partial charge in [-0.2, -0.15) is 0 Å². The average Bonchev–Trinajstić information content (AvgIpc) is 2.30. The van der Waals surface area contributed by atoms with Crippen LogP contribution in [0.1, 0.15) is 10.4 Å². The molecule has 0 aliphatic carbocycles. The quantitative estimate of drug-likeness (QED) is 0.741. The Balaban J connectivity index is 2.45. The van der Waals surface area contributed by atoms with Gasteiger partial charge in [-0.15, -0.1) is 0 Å². The monoisotopic (exact) mass is 294 g/mol. The molecule has 0 aliphatic rings. The third-order valence-electron chi connectivity index (χ3n) is 2.30.